The molecular formula is C24H34N6O4. The number of aliphatic hydroxyl groups is 1. The van der Waals surface area contributed by atoms with Crippen molar-refractivity contribution >= 4 is 17.1 Å². The lowest BCUT2D eigenvalue weighted by Crippen LogP contribution is -2.47. The van der Waals surface area contributed by atoms with E-state index in [1.54, 1.807) is 11.6 Å². The third-order valence-electron chi connectivity index (χ3n) is 6.74. The summed E-state index contributed by atoms with van der Waals surface area (Å²) >= 11 is 0. The number of hydrogen-bond donors (Lipinski definition) is 1. The molecule has 1 aliphatic heterocycles. The summed E-state index contributed by atoms with van der Waals surface area (Å²) < 4.78 is 10.0. The summed E-state index contributed by atoms with van der Waals surface area (Å²) in [4.78, 5) is 34.8. The van der Waals surface area contributed by atoms with Gasteiger partial charge in [-0.05, 0) is 43.7 Å². The van der Waals surface area contributed by atoms with Crippen molar-refractivity contribution in [2.24, 2.45) is 14.1 Å². The minimum atomic E-state index is -0.878. The van der Waals surface area contributed by atoms with Gasteiger partial charge < -0.3 is 24.2 Å². The van der Waals surface area contributed by atoms with Crippen molar-refractivity contribution in [1.82, 2.24) is 23.6 Å². The summed E-state index contributed by atoms with van der Waals surface area (Å²) in [6.45, 7) is 10.6. The van der Waals surface area contributed by atoms with Gasteiger partial charge in [-0.15, -0.1) is 0 Å². The summed E-state index contributed by atoms with van der Waals surface area (Å²) in [6, 6.07) is 5.81. The summed E-state index contributed by atoms with van der Waals surface area (Å²) in [5.41, 5.74) is 2.07. The normalized spacial score (nSPS) is 15.8. The average Bonchev–Trinajstić information content (AvgIpc) is 3.21. The fourth-order valence-electron chi connectivity index (χ4n) is 4.37. The number of ether oxygens (including phenoxy) is 1. The van der Waals surface area contributed by atoms with Crippen molar-refractivity contribution in [3.63, 3.8) is 0 Å². The van der Waals surface area contributed by atoms with E-state index >= 15 is 0 Å². The molecule has 184 valence electrons. The summed E-state index contributed by atoms with van der Waals surface area (Å²) in [7, 11) is 3.07. The van der Waals surface area contributed by atoms with Crippen LogP contribution in [-0.2, 0) is 20.6 Å². The van der Waals surface area contributed by atoms with E-state index < -0.39 is 17.4 Å². The highest BCUT2D eigenvalue weighted by Crippen LogP contribution is 2.22. The molecule has 1 aliphatic rings. The van der Waals surface area contributed by atoms with Gasteiger partial charge in [0.05, 0.1) is 6.54 Å². The van der Waals surface area contributed by atoms with Gasteiger partial charge in [0.2, 0.25) is 5.95 Å². The number of rotatable bonds is 7. The minimum absolute atomic E-state index is 0.0668. The highest BCUT2D eigenvalue weighted by molar-refractivity contribution is 5.74. The molecule has 34 heavy (non-hydrogen) atoms. The number of imidazole rings is 1. The number of anilines is 1. The molecule has 0 saturated carbocycles. The fraction of sp³-hybridized carbons (Fsp3) is 0.542. The largest absolute Gasteiger partial charge is 0.491 e. The van der Waals surface area contributed by atoms with Gasteiger partial charge in [-0.25, -0.2) is 4.79 Å². The minimum Gasteiger partial charge on any atom is -0.491 e. The van der Waals surface area contributed by atoms with Crippen LogP contribution in [0.4, 0.5) is 5.95 Å². The first-order valence-corrected chi connectivity index (χ1v) is 11.7. The molecule has 0 aliphatic carbocycles. The number of aryl methyl sites for hydroxylation is 3. The SMILES string of the molecule is CCN1CCN(c2nc3c(c(=O)n(C)c(=O)n3C)n2C[C@@H](O)COc2ccc(C)c(C)c2)CC1. The zero-order valence-electron chi connectivity index (χ0n) is 20.6. The molecule has 3 aromatic rings. The van der Waals surface area contributed by atoms with Crippen LogP contribution in [0.25, 0.3) is 11.2 Å². The molecule has 2 aromatic heterocycles. The Balaban J connectivity index is 1.67. The summed E-state index contributed by atoms with van der Waals surface area (Å²) in [5, 5.41) is 10.9. The Kier molecular flexibility index (Phi) is 6.81. The Morgan fingerprint density at radius 1 is 1.06 bits per heavy atom. The van der Waals surface area contributed by atoms with E-state index in [9.17, 15) is 14.7 Å². The van der Waals surface area contributed by atoms with Gasteiger partial charge in [0.15, 0.2) is 11.2 Å². The Bertz CT molecular complexity index is 1300. The molecule has 1 saturated heterocycles. The third kappa shape index (κ3) is 4.47. The molecule has 1 fully saturated rings. The Morgan fingerprint density at radius 2 is 1.76 bits per heavy atom. The molecule has 0 unspecified atom stereocenters. The number of aliphatic hydroxyl groups excluding tert-OH is 1. The zero-order valence-corrected chi connectivity index (χ0v) is 20.6. The van der Waals surface area contributed by atoms with Crippen LogP contribution < -0.4 is 20.9 Å². The van der Waals surface area contributed by atoms with Gasteiger partial charge >= 0.3 is 5.69 Å². The molecule has 10 heteroatoms. The molecule has 10 nitrogen and oxygen atoms in total. The first-order chi connectivity index (χ1) is 16.2. The molecule has 0 spiro atoms. The number of likely N-dealkylation sites (N-methyl/N-ethyl adjacent to an activating group) is 1. The van der Waals surface area contributed by atoms with Crippen LogP contribution in [-0.4, -0.2) is 74.1 Å². The quantitative estimate of drug-likeness (QED) is 0.541. The van der Waals surface area contributed by atoms with Gasteiger partial charge in [-0.1, -0.05) is 13.0 Å². The van der Waals surface area contributed by atoms with E-state index in [0.717, 1.165) is 42.9 Å². The van der Waals surface area contributed by atoms with Crippen molar-refractivity contribution < 1.29 is 9.84 Å². The molecule has 1 N–H and O–H groups in total. The monoisotopic (exact) mass is 470 g/mol. The van der Waals surface area contributed by atoms with Gasteiger partial charge in [0.1, 0.15) is 18.5 Å². The predicted octanol–water partition coefficient (Wildman–Crippen LogP) is 0.632. The Hall–Kier alpha value is -3.11. The van der Waals surface area contributed by atoms with E-state index in [4.69, 9.17) is 9.72 Å². The molecule has 0 amide bonds. The molecule has 4 rings (SSSR count). The topological polar surface area (TPSA) is 97.8 Å². The zero-order chi connectivity index (χ0) is 24.6. The molecule has 1 atom stereocenters. The van der Waals surface area contributed by atoms with Gasteiger partial charge in [-0.3, -0.25) is 13.9 Å². The number of aromatic nitrogens is 4. The number of fused-ring (bicyclic) bond motifs is 1. The maximum atomic E-state index is 13.1. The van der Waals surface area contributed by atoms with Gasteiger partial charge in [0, 0.05) is 40.3 Å². The van der Waals surface area contributed by atoms with Crippen LogP contribution in [0.5, 0.6) is 5.75 Å². The van der Waals surface area contributed by atoms with E-state index in [2.05, 4.69) is 16.7 Å². The standard InChI is InChI=1S/C24H34N6O4/c1-6-28-9-11-29(12-10-28)23-25-21-20(22(32)27(5)24(33)26(21)4)30(23)14-18(31)15-34-19-8-7-16(2)17(3)13-19/h7-8,13,18,31H,6,9-12,14-15H2,1-5H3/t18-/m1/s1. The highest BCUT2D eigenvalue weighted by Gasteiger charge is 2.26. The van der Waals surface area contributed by atoms with Crippen LogP contribution in [0.2, 0.25) is 0 Å². The van der Waals surface area contributed by atoms with Crippen molar-refractivity contribution in [2.45, 2.75) is 33.4 Å². The van der Waals surface area contributed by atoms with E-state index in [-0.39, 0.29) is 13.2 Å². The van der Waals surface area contributed by atoms with Crippen LogP contribution in [0.3, 0.4) is 0 Å². The summed E-state index contributed by atoms with van der Waals surface area (Å²) in [5.74, 6) is 1.28. The number of benzene rings is 1. The molecule has 0 radical (unpaired) electrons. The fourth-order valence-corrected chi connectivity index (χ4v) is 4.37. The lowest BCUT2D eigenvalue weighted by Gasteiger charge is -2.35. The van der Waals surface area contributed by atoms with Gasteiger partial charge in [0.25, 0.3) is 5.56 Å². The number of nitrogens with zero attached hydrogens (tertiary/aromatic N) is 6. The Labute approximate surface area is 198 Å². The third-order valence-corrected chi connectivity index (χ3v) is 6.74. The second-order valence-electron chi connectivity index (χ2n) is 9.03. The van der Waals surface area contributed by atoms with Crippen molar-refractivity contribution in [3.05, 3.63) is 50.2 Å². The maximum absolute atomic E-state index is 13.1. The van der Waals surface area contributed by atoms with Crippen LogP contribution >= 0.6 is 0 Å². The number of piperazine rings is 1. The van der Waals surface area contributed by atoms with Crippen LogP contribution in [0.15, 0.2) is 27.8 Å². The lowest BCUT2D eigenvalue weighted by molar-refractivity contribution is 0.0935. The predicted molar refractivity (Wildman–Crippen MR) is 132 cm³/mol. The first-order valence-electron chi connectivity index (χ1n) is 11.7. The average molecular weight is 471 g/mol. The second-order valence-corrected chi connectivity index (χ2v) is 9.03. The lowest BCUT2D eigenvalue weighted by atomic mass is 10.1. The van der Waals surface area contributed by atoms with E-state index in [1.165, 1.54) is 17.2 Å². The summed E-state index contributed by atoms with van der Waals surface area (Å²) in [6.07, 6.45) is -0.878. The smallest absolute Gasteiger partial charge is 0.332 e. The van der Waals surface area contributed by atoms with E-state index in [1.807, 2.05) is 32.0 Å². The number of hydrogen-bond acceptors (Lipinski definition) is 7. The van der Waals surface area contributed by atoms with Gasteiger partial charge in [-0.2, -0.15) is 4.98 Å². The van der Waals surface area contributed by atoms with E-state index in [0.29, 0.717) is 22.9 Å². The highest BCUT2D eigenvalue weighted by atomic mass is 16.5. The maximum Gasteiger partial charge on any atom is 0.332 e. The second kappa shape index (κ2) is 9.63. The van der Waals surface area contributed by atoms with Crippen LogP contribution in [0.1, 0.15) is 18.1 Å². The molecular weight excluding hydrogens is 436 g/mol. The first kappa shape index (κ1) is 24.0. The van der Waals surface area contributed by atoms with Crippen molar-refractivity contribution in [2.75, 3.05) is 44.2 Å². The van der Waals surface area contributed by atoms with Crippen LogP contribution in [0, 0.1) is 13.8 Å². The molecule has 3 heterocycles. The molecule has 1 aromatic carbocycles. The Morgan fingerprint density at radius 3 is 2.41 bits per heavy atom. The molecule has 0 bridgehead atoms. The van der Waals surface area contributed by atoms with Crippen molar-refractivity contribution in [1.29, 1.82) is 0 Å². The van der Waals surface area contributed by atoms with Crippen molar-refractivity contribution in [3.8, 4) is 5.75 Å².